The van der Waals surface area contributed by atoms with Crippen LogP contribution in [0, 0.1) is 5.92 Å². The summed E-state index contributed by atoms with van der Waals surface area (Å²) >= 11 is 0. The molecule has 2 rings (SSSR count). The number of carboxylic acid groups (broad SMARTS) is 1. The van der Waals surface area contributed by atoms with Gasteiger partial charge in [0.2, 0.25) is 0 Å². The van der Waals surface area contributed by atoms with Gasteiger partial charge in [-0.05, 0) is 38.5 Å². The van der Waals surface area contributed by atoms with E-state index in [1.54, 1.807) is 0 Å². The second-order valence-corrected chi connectivity index (χ2v) is 4.76. The molecule has 0 bridgehead atoms. The van der Waals surface area contributed by atoms with Crippen molar-refractivity contribution >= 4 is 5.97 Å². The van der Waals surface area contributed by atoms with Gasteiger partial charge in [0.1, 0.15) is 0 Å². The maximum absolute atomic E-state index is 10.8. The maximum atomic E-state index is 10.8. The summed E-state index contributed by atoms with van der Waals surface area (Å²) in [7, 11) is 0. The average molecular weight is 228 g/mol. The minimum atomic E-state index is -0.649. The van der Waals surface area contributed by atoms with Crippen LogP contribution in [0.2, 0.25) is 0 Å². The van der Waals surface area contributed by atoms with Gasteiger partial charge in [0.25, 0.3) is 0 Å². The SMILES string of the molecule is O=C(O)C1CCC(OC2CCOCC2)CC1. The van der Waals surface area contributed by atoms with Crippen molar-refractivity contribution in [3.8, 4) is 0 Å². The normalized spacial score (nSPS) is 32.5. The summed E-state index contributed by atoms with van der Waals surface area (Å²) in [6.07, 6.45) is 5.91. The van der Waals surface area contributed by atoms with Crippen molar-refractivity contribution in [2.45, 2.75) is 50.7 Å². The van der Waals surface area contributed by atoms with Crippen molar-refractivity contribution in [1.29, 1.82) is 0 Å². The number of carbonyl (C=O) groups is 1. The number of hydrogen-bond acceptors (Lipinski definition) is 3. The molecule has 0 aromatic rings. The summed E-state index contributed by atoms with van der Waals surface area (Å²) in [6.45, 7) is 1.60. The van der Waals surface area contributed by atoms with Gasteiger partial charge in [-0.3, -0.25) is 4.79 Å². The largest absolute Gasteiger partial charge is 0.481 e. The van der Waals surface area contributed by atoms with Gasteiger partial charge in [-0.25, -0.2) is 0 Å². The van der Waals surface area contributed by atoms with E-state index in [1.807, 2.05) is 0 Å². The van der Waals surface area contributed by atoms with Crippen LogP contribution < -0.4 is 0 Å². The molecular formula is C12H20O4. The zero-order valence-corrected chi connectivity index (χ0v) is 9.56. The Morgan fingerprint density at radius 1 is 1.00 bits per heavy atom. The lowest BCUT2D eigenvalue weighted by atomic mass is 9.87. The molecule has 2 aliphatic rings. The molecule has 0 amide bonds. The van der Waals surface area contributed by atoms with Crippen LogP contribution in [0.5, 0.6) is 0 Å². The lowest BCUT2D eigenvalue weighted by Crippen LogP contribution is -2.32. The fourth-order valence-electron chi connectivity index (χ4n) is 2.53. The fourth-order valence-corrected chi connectivity index (χ4v) is 2.53. The van der Waals surface area contributed by atoms with Gasteiger partial charge in [0, 0.05) is 13.2 Å². The molecule has 1 aliphatic heterocycles. The third-order valence-electron chi connectivity index (χ3n) is 3.58. The molecule has 1 saturated heterocycles. The molecule has 0 atom stereocenters. The van der Waals surface area contributed by atoms with Crippen molar-refractivity contribution in [1.82, 2.24) is 0 Å². The summed E-state index contributed by atoms with van der Waals surface area (Å²) in [5.41, 5.74) is 0. The highest BCUT2D eigenvalue weighted by Crippen LogP contribution is 2.28. The van der Waals surface area contributed by atoms with E-state index < -0.39 is 5.97 Å². The number of hydrogen-bond donors (Lipinski definition) is 1. The molecule has 16 heavy (non-hydrogen) atoms. The fraction of sp³-hybridized carbons (Fsp3) is 0.917. The van der Waals surface area contributed by atoms with E-state index >= 15 is 0 Å². The van der Waals surface area contributed by atoms with E-state index in [4.69, 9.17) is 14.6 Å². The summed E-state index contributed by atoms with van der Waals surface area (Å²) in [5.74, 6) is -0.793. The van der Waals surface area contributed by atoms with Crippen LogP contribution >= 0.6 is 0 Å². The van der Waals surface area contributed by atoms with E-state index in [0.29, 0.717) is 6.10 Å². The Morgan fingerprint density at radius 2 is 1.56 bits per heavy atom. The molecule has 1 aliphatic carbocycles. The maximum Gasteiger partial charge on any atom is 0.306 e. The second kappa shape index (κ2) is 5.64. The van der Waals surface area contributed by atoms with E-state index in [1.165, 1.54) is 0 Å². The predicted molar refractivity (Wildman–Crippen MR) is 58.3 cm³/mol. The molecule has 0 aromatic carbocycles. The quantitative estimate of drug-likeness (QED) is 0.800. The molecule has 92 valence electrons. The second-order valence-electron chi connectivity index (χ2n) is 4.76. The molecule has 4 nitrogen and oxygen atoms in total. The Kier molecular flexibility index (Phi) is 4.18. The third-order valence-corrected chi connectivity index (χ3v) is 3.58. The molecule has 1 N–H and O–H groups in total. The zero-order valence-electron chi connectivity index (χ0n) is 9.56. The minimum absolute atomic E-state index is 0.144. The Bertz CT molecular complexity index is 227. The van der Waals surface area contributed by atoms with E-state index in [9.17, 15) is 4.79 Å². The van der Waals surface area contributed by atoms with Crippen LogP contribution in [0.25, 0.3) is 0 Å². The lowest BCUT2D eigenvalue weighted by Gasteiger charge is -2.31. The first-order valence-corrected chi connectivity index (χ1v) is 6.21. The van der Waals surface area contributed by atoms with Gasteiger partial charge < -0.3 is 14.6 Å². The van der Waals surface area contributed by atoms with Crippen molar-refractivity contribution in [3.05, 3.63) is 0 Å². The van der Waals surface area contributed by atoms with Crippen molar-refractivity contribution in [2.75, 3.05) is 13.2 Å². The summed E-state index contributed by atoms with van der Waals surface area (Å²) < 4.78 is 11.3. The molecule has 1 heterocycles. The third kappa shape index (κ3) is 3.19. The number of rotatable bonds is 3. The molecule has 1 saturated carbocycles. The van der Waals surface area contributed by atoms with E-state index in [2.05, 4.69) is 0 Å². The van der Waals surface area contributed by atoms with Crippen LogP contribution in [0.4, 0.5) is 0 Å². The van der Waals surface area contributed by atoms with E-state index in [0.717, 1.165) is 51.7 Å². The Balaban J connectivity index is 1.70. The summed E-state index contributed by atoms with van der Waals surface area (Å²) in [5, 5.41) is 8.89. The van der Waals surface area contributed by atoms with Gasteiger partial charge in [0.15, 0.2) is 0 Å². The molecule has 4 heteroatoms. The van der Waals surface area contributed by atoms with Gasteiger partial charge in [-0.15, -0.1) is 0 Å². The van der Waals surface area contributed by atoms with Crippen LogP contribution in [0.15, 0.2) is 0 Å². The Morgan fingerprint density at radius 3 is 2.12 bits per heavy atom. The summed E-state index contributed by atoms with van der Waals surface area (Å²) in [6, 6.07) is 0. The topological polar surface area (TPSA) is 55.8 Å². The Labute approximate surface area is 95.9 Å². The van der Waals surface area contributed by atoms with Gasteiger partial charge in [0.05, 0.1) is 18.1 Å². The number of ether oxygens (including phenoxy) is 2. The smallest absolute Gasteiger partial charge is 0.306 e. The van der Waals surface area contributed by atoms with Gasteiger partial charge >= 0.3 is 5.97 Å². The first-order valence-electron chi connectivity index (χ1n) is 6.21. The molecule has 0 aromatic heterocycles. The molecule has 0 unspecified atom stereocenters. The molecule has 0 spiro atoms. The van der Waals surface area contributed by atoms with Gasteiger partial charge in [-0.2, -0.15) is 0 Å². The number of carboxylic acids is 1. The Hall–Kier alpha value is -0.610. The highest BCUT2D eigenvalue weighted by Gasteiger charge is 2.28. The van der Waals surface area contributed by atoms with E-state index in [-0.39, 0.29) is 12.0 Å². The van der Waals surface area contributed by atoms with Crippen LogP contribution in [-0.4, -0.2) is 36.5 Å². The van der Waals surface area contributed by atoms with Gasteiger partial charge in [-0.1, -0.05) is 0 Å². The first kappa shape index (κ1) is 11.9. The van der Waals surface area contributed by atoms with Crippen molar-refractivity contribution in [2.24, 2.45) is 5.92 Å². The predicted octanol–water partition coefficient (Wildman–Crippen LogP) is 1.83. The van der Waals surface area contributed by atoms with Crippen LogP contribution in [-0.2, 0) is 14.3 Å². The molecule has 2 fully saturated rings. The highest BCUT2D eigenvalue weighted by molar-refractivity contribution is 5.70. The molecule has 0 radical (unpaired) electrons. The lowest BCUT2D eigenvalue weighted by molar-refractivity contribution is -0.144. The standard InChI is InChI=1S/C12H20O4/c13-12(14)9-1-3-10(4-2-9)16-11-5-7-15-8-6-11/h9-11H,1-8H2,(H,13,14). The first-order chi connectivity index (χ1) is 7.75. The zero-order chi connectivity index (χ0) is 11.4. The van der Waals surface area contributed by atoms with Crippen LogP contribution in [0.1, 0.15) is 38.5 Å². The highest BCUT2D eigenvalue weighted by atomic mass is 16.5. The van der Waals surface area contributed by atoms with Crippen molar-refractivity contribution < 1.29 is 19.4 Å². The monoisotopic (exact) mass is 228 g/mol. The average Bonchev–Trinajstić information content (AvgIpc) is 2.31. The minimum Gasteiger partial charge on any atom is -0.481 e. The van der Waals surface area contributed by atoms with Crippen LogP contribution in [0.3, 0.4) is 0 Å². The molecular weight excluding hydrogens is 208 g/mol. The van der Waals surface area contributed by atoms with Crippen molar-refractivity contribution in [3.63, 3.8) is 0 Å². The summed E-state index contributed by atoms with van der Waals surface area (Å²) in [4.78, 5) is 10.8. The number of aliphatic carboxylic acids is 1.